The highest BCUT2D eigenvalue weighted by Crippen LogP contribution is 2.40. The Kier molecular flexibility index (Phi) is 4.50. The monoisotopic (exact) mass is 262 g/mol. The van der Waals surface area contributed by atoms with Crippen molar-refractivity contribution in [2.75, 3.05) is 6.54 Å². The first-order valence-electron chi connectivity index (χ1n) is 7.81. The molecule has 2 rings (SSSR count). The number of nitriles is 1. The van der Waals surface area contributed by atoms with Crippen LogP contribution in [0, 0.1) is 22.7 Å². The van der Waals surface area contributed by atoms with Crippen LogP contribution in [0.25, 0.3) is 0 Å². The molecular weight excluding hydrogens is 236 g/mol. The van der Waals surface area contributed by atoms with Crippen molar-refractivity contribution in [3.8, 4) is 6.07 Å². The highest BCUT2D eigenvalue weighted by atomic mass is 16.2. The lowest BCUT2D eigenvalue weighted by Gasteiger charge is -2.35. The molecule has 0 aromatic rings. The van der Waals surface area contributed by atoms with Crippen molar-refractivity contribution in [2.45, 2.75) is 71.3 Å². The molecule has 0 bridgehead atoms. The fourth-order valence-electron chi connectivity index (χ4n) is 3.63. The van der Waals surface area contributed by atoms with Gasteiger partial charge in [-0.1, -0.05) is 39.5 Å². The van der Waals surface area contributed by atoms with Gasteiger partial charge >= 0.3 is 0 Å². The van der Waals surface area contributed by atoms with Crippen LogP contribution in [0.1, 0.15) is 65.2 Å². The molecule has 0 aromatic carbocycles. The van der Waals surface area contributed by atoms with Crippen LogP contribution in [-0.2, 0) is 4.79 Å². The van der Waals surface area contributed by atoms with Gasteiger partial charge in [0.1, 0.15) is 5.41 Å². The van der Waals surface area contributed by atoms with E-state index in [0.29, 0.717) is 12.0 Å². The zero-order valence-corrected chi connectivity index (χ0v) is 12.3. The summed E-state index contributed by atoms with van der Waals surface area (Å²) in [4.78, 5) is 15.0. The molecule has 0 radical (unpaired) electrons. The minimum atomic E-state index is -0.697. The van der Waals surface area contributed by atoms with Gasteiger partial charge in [-0.3, -0.25) is 4.79 Å². The molecule has 2 aliphatic rings. The molecule has 0 spiro atoms. The topological polar surface area (TPSA) is 44.1 Å². The standard InChI is InChI=1S/C16H26N2O/c1-13(2)11-18(14-7-3-4-8-14)15(19)16(12-17)9-5-6-10-16/h13-14H,3-11H2,1-2H3. The van der Waals surface area contributed by atoms with Crippen LogP contribution in [0.3, 0.4) is 0 Å². The summed E-state index contributed by atoms with van der Waals surface area (Å²) in [6, 6.07) is 2.75. The molecule has 3 nitrogen and oxygen atoms in total. The predicted octanol–water partition coefficient (Wildman–Crippen LogP) is 3.50. The second-order valence-electron chi connectivity index (χ2n) is 6.69. The van der Waals surface area contributed by atoms with Crippen LogP contribution in [-0.4, -0.2) is 23.4 Å². The summed E-state index contributed by atoms with van der Waals surface area (Å²) in [5, 5.41) is 9.52. The second-order valence-corrected chi connectivity index (χ2v) is 6.69. The van der Waals surface area contributed by atoms with Crippen LogP contribution < -0.4 is 0 Å². The van der Waals surface area contributed by atoms with Gasteiger partial charge in [-0.2, -0.15) is 5.26 Å². The molecule has 19 heavy (non-hydrogen) atoms. The van der Waals surface area contributed by atoms with Gasteiger partial charge in [-0.15, -0.1) is 0 Å². The highest BCUT2D eigenvalue weighted by molar-refractivity contribution is 5.86. The van der Waals surface area contributed by atoms with E-state index in [4.69, 9.17) is 0 Å². The van der Waals surface area contributed by atoms with Crippen LogP contribution in [0.4, 0.5) is 0 Å². The van der Waals surface area contributed by atoms with Crippen LogP contribution in [0.2, 0.25) is 0 Å². The summed E-state index contributed by atoms with van der Waals surface area (Å²) in [6.07, 6.45) is 8.30. The summed E-state index contributed by atoms with van der Waals surface area (Å²) in [6.45, 7) is 5.12. The van der Waals surface area contributed by atoms with Crippen molar-refractivity contribution >= 4 is 5.91 Å². The van der Waals surface area contributed by atoms with E-state index in [9.17, 15) is 10.1 Å². The summed E-state index contributed by atoms with van der Waals surface area (Å²) in [7, 11) is 0. The van der Waals surface area contributed by atoms with E-state index in [-0.39, 0.29) is 5.91 Å². The molecule has 0 unspecified atom stereocenters. The Morgan fingerprint density at radius 2 is 1.84 bits per heavy atom. The minimum absolute atomic E-state index is 0.133. The Labute approximate surface area is 117 Å². The van der Waals surface area contributed by atoms with E-state index < -0.39 is 5.41 Å². The molecule has 0 aromatic heterocycles. The van der Waals surface area contributed by atoms with Gasteiger partial charge in [0.05, 0.1) is 6.07 Å². The van der Waals surface area contributed by atoms with E-state index in [0.717, 1.165) is 45.1 Å². The lowest BCUT2D eigenvalue weighted by atomic mass is 9.85. The predicted molar refractivity (Wildman–Crippen MR) is 75.3 cm³/mol. The first-order chi connectivity index (χ1) is 9.09. The fourth-order valence-corrected chi connectivity index (χ4v) is 3.63. The third-order valence-corrected chi connectivity index (χ3v) is 4.67. The summed E-state index contributed by atoms with van der Waals surface area (Å²) in [5.41, 5.74) is -0.697. The molecule has 106 valence electrons. The summed E-state index contributed by atoms with van der Waals surface area (Å²) >= 11 is 0. The second kappa shape index (κ2) is 5.94. The number of nitrogens with zero attached hydrogens (tertiary/aromatic N) is 2. The van der Waals surface area contributed by atoms with Gasteiger partial charge in [-0.25, -0.2) is 0 Å². The van der Waals surface area contributed by atoms with Gasteiger partial charge in [-0.05, 0) is 31.6 Å². The Balaban J connectivity index is 2.17. The third-order valence-electron chi connectivity index (χ3n) is 4.67. The van der Waals surface area contributed by atoms with Crippen LogP contribution in [0.15, 0.2) is 0 Å². The number of carbonyl (C=O) groups excluding carboxylic acids is 1. The first kappa shape index (κ1) is 14.4. The SMILES string of the molecule is CC(C)CN(C(=O)C1(C#N)CCCC1)C1CCCC1. The highest BCUT2D eigenvalue weighted by Gasteiger charge is 2.45. The number of carbonyl (C=O) groups is 1. The maximum atomic E-state index is 12.9. The van der Waals surface area contributed by atoms with Gasteiger partial charge in [0.25, 0.3) is 0 Å². The molecule has 2 saturated carbocycles. The van der Waals surface area contributed by atoms with E-state index >= 15 is 0 Å². The van der Waals surface area contributed by atoms with Crippen molar-refractivity contribution in [1.82, 2.24) is 4.90 Å². The van der Waals surface area contributed by atoms with E-state index in [2.05, 4.69) is 24.8 Å². The molecule has 0 saturated heterocycles. The molecule has 2 fully saturated rings. The summed E-state index contributed by atoms with van der Waals surface area (Å²) < 4.78 is 0. The minimum Gasteiger partial charge on any atom is -0.338 e. The fraction of sp³-hybridized carbons (Fsp3) is 0.875. The van der Waals surface area contributed by atoms with Gasteiger partial charge in [0.2, 0.25) is 5.91 Å². The van der Waals surface area contributed by atoms with Gasteiger partial charge in [0.15, 0.2) is 0 Å². The van der Waals surface area contributed by atoms with Crippen molar-refractivity contribution in [3.05, 3.63) is 0 Å². The maximum Gasteiger partial charge on any atom is 0.243 e. The largest absolute Gasteiger partial charge is 0.338 e. The van der Waals surface area contributed by atoms with E-state index in [1.807, 2.05) is 0 Å². The number of rotatable bonds is 4. The van der Waals surface area contributed by atoms with Crippen molar-refractivity contribution < 1.29 is 4.79 Å². The summed E-state index contributed by atoms with van der Waals surface area (Å²) in [5.74, 6) is 0.606. The molecule has 3 heteroatoms. The molecular formula is C16H26N2O. The zero-order chi connectivity index (χ0) is 13.9. The molecule has 0 N–H and O–H groups in total. The van der Waals surface area contributed by atoms with E-state index in [1.165, 1.54) is 12.8 Å². The van der Waals surface area contributed by atoms with Gasteiger partial charge in [0, 0.05) is 12.6 Å². The average Bonchev–Trinajstić information content (AvgIpc) is 3.06. The molecule has 0 atom stereocenters. The smallest absolute Gasteiger partial charge is 0.243 e. The third kappa shape index (κ3) is 2.94. The lowest BCUT2D eigenvalue weighted by Crippen LogP contribution is -2.48. The molecule has 0 aliphatic heterocycles. The average molecular weight is 262 g/mol. The number of amides is 1. The van der Waals surface area contributed by atoms with Crippen LogP contribution >= 0.6 is 0 Å². The van der Waals surface area contributed by atoms with Crippen molar-refractivity contribution in [2.24, 2.45) is 11.3 Å². The quantitative estimate of drug-likeness (QED) is 0.778. The number of hydrogen-bond acceptors (Lipinski definition) is 2. The Morgan fingerprint density at radius 1 is 1.26 bits per heavy atom. The van der Waals surface area contributed by atoms with E-state index in [1.54, 1.807) is 0 Å². The maximum absolute atomic E-state index is 12.9. The molecule has 0 heterocycles. The molecule has 1 amide bonds. The Bertz CT molecular complexity index is 357. The first-order valence-corrected chi connectivity index (χ1v) is 7.81. The Morgan fingerprint density at radius 3 is 2.32 bits per heavy atom. The van der Waals surface area contributed by atoms with Crippen molar-refractivity contribution in [1.29, 1.82) is 5.26 Å². The van der Waals surface area contributed by atoms with Gasteiger partial charge < -0.3 is 4.90 Å². The zero-order valence-electron chi connectivity index (χ0n) is 12.3. The Hall–Kier alpha value is -1.04. The molecule has 2 aliphatic carbocycles. The normalized spacial score (nSPS) is 22.6. The van der Waals surface area contributed by atoms with Crippen molar-refractivity contribution in [3.63, 3.8) is 0 Å². The lowest BCUT2D eigenvalue weighted by molar-refractivity contribution is -0.141. The number of hydrogen-bond donors (Lipinski definition) is 0. The van der Waals surface area contributed by atoms with Crippen LogP contribution in [0.5, 0.6) is 0 Å².